The predicted molar refractivity (Wildman–Crippen MR) is 75.4 cm³/mol. The first kappa shape index (κ1) is 15.4. The second-order valence-electron chi connectivity index (χ2n) is 4.59. The van der Waals surface area contributed by atoms with Gasteiger partial charge in [0.25, 0.3) is 0 Å². The van der Waals surface area contributed by atoms with E-state index in [1.807, 2.05) is 0 Å². The van der Waals surface area contributed by atoms with Crippen LogP contribution in [0.3, 0.4) is 0 Å². The van der Waals surface area contributed by atoms with Gasteiger partial charge in [-0.1, -0.05) is 11.6 Å². The quantitative estimate of drug-likeness (QED) is 0.594. The summed E-state index contributed by atoms with van der Waals surface area (Å²) in [5, 5.41) is -0.159. The van der Waals surface area contributed by atoms with Crippen LogP contribution in [0, 0.1) is 12.7 Å². The molecule has 0 amide bonds. The van der Waals surface area contributed by atoms with E-state index in [-0.39, 0.29) is 27.5 Å². The van der Waals surface area contributed by atoms with E-state index in [9.17, 15) is 17.6 Å². The van der Waals surface area contributed by atoms with Gasteiger partial charge in [0.15, 0.2) is 0 Å². The lowest BCUT2D eigenvalue weighted by Gasteiger charge is -2.15. The van der Waals surface area contributed by atoms with Crippen molar-refractivity contribution < 1.29 is 17.6 Å². The van der Waals surface area contributed by atoms with Crippen molar-refractivity contribution in [1.82, 2.24) is 0 Å². The zero-order valence-electron chi connectivity index (χ0n) is 10.9. The maximum absolute atomic E-state index is 14.1. The number of rotatable bonds is 1. The normalized spacial score (nSPS) is 11.7. The van der Waals surface area contributed by atoms with Crippen LogP contribution in [0.15, 0.2) is 24.3 Å². The summed E-state index contributed by atoms with van der Waals surface area (Å²) in [6.45, 7) is 1.56. The molecule has 0 fully saturated rings. The van der Waals surface area contributed by atoms with Gasteiger partial charge in [-0.15, -0.1) is 0 Å². The smallest absolute Gasteiger partial charge is 0.398 e. The second-order valence-corrected chi connectivity index (χ2v) is 5.02. The van der Waals surface area contributed by atoms with E-state index in [1.54, 1.807) is 6.92 Å². The van der Waals surface area contributed by atoms with Crippen molar-refractivity contribution in [3.8, 4) is 11.1 Å². The highest BCUT2D eigenvalue weighted by molar-refractivity contribution is 6.31. The number of nitrogen functional groups attached to an aromatic ring is 2. The van der Waals surface area contributed by atoms with E-state index in [0.29, 0.717) is 5.56 Å². The van der Waals surface area contributed by atoms with Gasteiger partial charge in [0.1, 0.15) is 5.82 Å². The molecule has 2 aromatic carbocycles. The van der Waals surface area contributed by atoms with Crippen molar-refractivity contribution in [1.29, 1.82) is 0 Å². The summed E-state index contributed by atoms with van der Waals surface area (Å²) < 4.78 is 52.5. The molecular weight excluding hydrogens is 308 g/mol. The van der Waals surface area contributed by atoms with Crippen LogP contribution in [0.2, 0.25) is 5.02 Å². The van der Waals surface area contributed by atoms with Gasteiger partial charge < -0.3 is 11.5 Å². The molecule has 0 aliphatic heterocycles. The first-order valence-electron chi connectivity index (χ1n) is 5.83. The summed E-state index contributed by atoms with van der Waals surface area (Å²) >= 11 is 5.69. The van der Waals surface area contributed by atoms with Gasteiger partial charge >= 0.3 is 6.18 Å². The van der Waals surface area contributed by atoms with Crippen LogP contribution in [0.1, 0.15) is 11.1 Å². The van der Waals surface area contributed by atoms with Gasteiger partial charge in [0.05, 0.1) is 5.56 Å². The molecule has 0 aromatic heterocycles. The molecule has 0 heterocycles. The van der Waals surface area contributed by atoms with E-state index in [0.717, 1.165) is 18.2 Å². The van der Waals surface area contributed by atoms with Gasteiger partial charge in [-0.25, -0.2) is 4.39 Å². The van der Waals surface area contributed by atoms with Gasteiger partial charge in [0.2, 0.25) is 0 Å². The molecule has 0 radical (unpaired) electrons. The first-order valence-corrected chi connectivity index (χ1v) is 6.21. The molecule has 2 rings (SSSR count). The summed E-state index contributed by atoms with van der Waals surface area (Å²) in [6, 6.07) is 3.82. The molecule has 7 heteroatoms. The number of hydrogen-bond acceptors (Lipinski definition) is 2. The van der Waals surface area contributed by atoms with Gasteiger partial charge in [-0.3, -0.25) is 0 Å². The van der Waals surface area contributed by atoms with Crippen LogP contribution in [0.4, 0.5) is 28.9 Å². The maximum atomic E-state index is 14.1. The van der Waals surface area contributed by atoms with Crippen molar-refractivity contribution in [3.63, 3.8) is 0 Å². The van der Waals surface area contributed by atoms with E-state index in [4.69, 9.17) is 23.1 Å². The molecule has 112 valence electrons. The molecule has 4 N–H and O–H groups in total. The Balaban J connectivity index is 2.74. The molecule has 0 bridgehead atoms. The standard InChI is InChI=1S/C14H11ClF4N2/c1-6-11(20)5-10(16)12(13(6)21)7-2-8(14(17,18)19)4-9(15)3-7/h2-5H,20-21H2,1H3. The maximum Gasteiger partial charge on any atom is 0.416 e. The van der Waals surface area contributed by atoms with Crippen LogP contribution in [0.5, 0.6) is 0 Å². The minimum Gasteiger partial charge on any atom is -0.398 e. The van der Waals surface area contributed by atoms with Crippen LogP contribution in [-0.4, -0.2) is 0 Å². The molecular formula is C14H11ClF4N2. The number of alkyl halides is 3. The Morgan fingerprint density at radius 1 is 1.05 bits per heavy atom. The van der Waals surface area contributed by atoms with Crippen molar-refractivity contribution in [2.75, 3.05) is 11.5 Å². The zero-order chi connectivity index (χ0) is 15.9. The number of benzene rings is 2. The van der Waals surface area contributed by atoms with Crippen molar-refractivity contribution in [2.24, 2.45) is 0 Å². The Hall–Kier alpha value is -1.95. The fraction of sp³-hybridized carbons (Fsp3) is 0.143. The minimum atomic E-state index is -4.59. The molecule has 21 heavy (non-hydrogen) atoms. The van der Waals surface area contributed by atoms with E-state index < -0.39 is 17.6 Å². The number of anilines is 2. The Morgan fingerprint density at radius 3 is 2.24 bits per heavy atom. The SMILES string of the molecule is Cc1c(N)cc(F)c(-c2cc(Cl)cc(C(F)(F)F)c2)c1N. The summed E-state index contributed by atoms with van der Waals surface area (Å²) in [5.74, 6) is -0.800. The summed E-state index contributed by atoms with van der Waals surface area (Å²) in [4.78, 5) is 0. The van der Waals surface area contributed by atoms with E-state index in [2.05, 4.69) is 0 Å². The Morgan fingerprint density at radius 2 is 1.67 bits per heavy atom. The molecule has 0 aliphatic rings. The van der Waals surface area contributed by atoms with E-state index in [1.165, 1.54) is 6.07 Å². The topological polar surface area (TPSA) is 52.0 Å². The number of nitrogens with two attached hydrogens (primary N) is 2. The van der Waals surface area contributed by atoms with Crippen LogP contribution >= 0.6 is 11.6 Å². The van der Waals surface area contributed by atoms with Gasteiger partial charge in [0, 0.05) is 22.0 Å². The Labute approximate surface area is 123 Å². The van der Waals surface area contributed by atoms with Crippen LogP contribution in [0.25, 0.3) is 11.1 Å². The fourth-order valence-corrected chi connectivity index (χ4v) is 2.21. The Kier molecular flexibility index (Phi) is 3.76. The molecule has 0 saturated carbocycles. The highest BCUT2D eigenvalue weighted by atomic mass is 35.5. The zero-order valence-corrected chi connectivity index (χ0v) is 11.6. The first-order chi connectivity index (χ1) is 9.61. The minimum absolute atomic E-state index is 0.0112. The summed E-state index contributed by atoms with van der Waals surface area (Å²) in [7, 11) is 0. The van der Waals surface area contributed by atoms with Gasteiger partial charge in [-0.2, -0.15) is 13.2 Å². The molecule has 2 nitrogen and oxygen atoms in total. The number of halogens is 5. The predicted octanol–water partition coefficient (Wildman–Crippen LogP) is 4.64. The number of hydrogen-bond donors (Lipinski definition) is 2. The molecule has 0 spiro atoms. The molecule has 0 unspecified atom stereocenters. The molecule has 2 aromatic rings. The van der Waals surface area contributed by atoms with Crippen molar-refractivity contribution in [2.45, 2.75) is 13.1 Å². The average molecular weight is 319 g/mol. The highest BCUT2D eigenvalue weighted by Crippen LogP contribution is 2.39. The van der Waals surface area contributed by atoms with Crippen molar-refractivity contribution in [3.05, 3.63) is 46.2 Å². The highest BCUT2D eigenvalue weighted by Gasteiger charge is 2.31. The molecule has 0 aliphatic carbocycles. The lowest BCUT2D eigenvalue weighted by Crippen LogP contribution is -2.06. The molecule has 0 atom stereocenters. The lowest BCUT2D eigenvalue weighted by molar-refractivity contribution is -0.137. The monoisotopic (exact) mass is 318 g/mol. The third-order valence-electron chi connectivity index (χ3n) is 3.14. The fourth-order valence-electron chi connectivity index (χ4n) is 1.98. The summed E-state index contributed by atoms with van der Waals surface area (Å²) in [6.07, 6.45) is -4.59. The third kappa shape index (κ3) is 2.90. The lowest BCUT2D eigenvalue weighted by atomic mass is 9.97. The van der Waals surface area contributed by atoms with E-state index >= 15 is 0 Å². The van der Waals surface area contributed by atoms with Crippen LogP contribution < -0.4 is 11.5 Å². The Bertz CT molecular complexity index is 711. The summed E-state index contributed by atoms with van der Waals surface area (Å²) in [5.41, 5.74) is 10.7. The molecule has 0 saturated heterocycles. The third-order valence-corrected chi connectivity index (χ3v) is 3.36. The van der Waals surface area contributed by atoms with Crippen molar-refractivity contribution >= 4 is 23.0 Å². The largest absolute Gasteiger partial charge is 0.416 e. The van der Waals surface area contributed by atoms with Gasteiger partial charge in [-0.05, 0) is 42.3 Å². The second kappa shape index (κ2) is 5.11. The van der Waals surface area contributed by atoms with Crippen LogP contribution in [-0.2, 0) is 6.18 Å². The average Bonchev–Trinajstić information content (AvgIpc) is 2.34.